The second kappa shape index (κ2) is 10.5. The molecule has 1 atom stereocenters. The molecule has 0 spiro atoms. The number of rotatable bonds is 6. The van der Waals surface area contributed by atoms with Crippen LogP contribution >= 0.6 is 23.2 Å². The number of hydrogen-bond acceptors (Lipinski definition) is 8. The van der Waals surface area contributed by atoms with Gasteiger partial charge in [0.2, 0.25) is 5.95 Å². The largest absolute Gasteiger partial charge is 0.383 e. The number of ether oxygens (including phenoxy) is 1. The van der Waals surface area contributed by atoms with Crippen molar-refractivity contribution in [1.82, 2.24) is 15.3 Å². The molecule has 2 N–H and O–H groups in total. The maximum Gasteiger partial charge on any atom is 0.265 e. The van der Waals surface area contributed by atoms with Gasteiger partial charge in [0.1, 0.15) is 11.4 Å². The van der Waals surface area contributed by atoms with Crippen molar-refractivity contribution in [1.29, 1.82) is 0 Å². The lowest BCUT2D eigenvalue weighted by molar-refractivity contribution is 0.0982. The fraction of sp³-hybridized carbons (Fsp3) is 0.320. The highest BCUT2D eigenvalue weighted by atomic mass is 35.5. The lowest BCUT2D eigenvalue weighted by atomic mass is 10.2. The Balaban J connectivity index is 1.31. The summed E-state index contributed by atoms with van der Waals surface area (Å²) in [5.74, 6) is 0.697. The van der Waals surface area contributed by atoms with E-state index >= 15 is 0 Å². The number of fused-ring (bicyclic) bond motifs is 1. The van der Waals surface area contributed by atoms with Crippen molar-refractivity contribution in [3.63, 3.8) is 0 Å². The van der Waals surface area contributed by atoms with E-state index < -0.39 is 0 Å². The molecule has 188 valence electrons. The average molecular weight is 528 g/mol. The highest BCUT2D eigenvalue weighted by Crippen LogP contribution is 2.37. The van der Waals surface area contributed by atoms with Crippen LogP contribution in [0.2, 0.25) is 10.0 Å². The SMILES string of the molecule is COC[C@@H]1CN(c2ccc(Nc3ncc4c(n3)N(C)CN(c3c(Cl)cccc3Cl)C4=O)cc2)CCN1. The quantitative estimate of drug-likeness (QED) is 0.497. The minimum atomic E-state index is -0.253. The molecule has 0 aliphatic carbocycles. The molecular weight excluding hydrogens is 501 g/mol. The van der Waals surface area contributed by atoms with Gasteiger partial charge in [-0.3, -0.25) is 9.69 Å². The zero-order valence-electron chi connectivity index (χ0n) is 20.0. The molecule has 2 aliphatic heterocycles. The number of hydrogen-bond donors (Lipinski definition) is 2. The predicted molar refractivity (Wildman–Crippen MR) is 144 cm³/mol. The van der Waals surface area contributed by atoms with Gasteiger partial charge >= 0.3 is 0 Å². The Morgan fingerprint density at radius 1 is 1.17 bits per heavy atom. The van der Waals surface area contributed by atoms with Gasteiger partial charge in [-0.2, -0.15) is 4.98 Å². The van der Waals surface area contributed by atoms with Crippen LogP contribution in [0.25, 0.3) is 0 Å². The summed E-state index contributed by atoms with van der Waals surface area (Å²) in [4.78, 5) is 28.0. The molecule has 36 heavy (non-hydrogen) atoms. The minimum Gasteiger partial charge on any atom is -0.383 e. The molecule has 2 aliphatic rings. The normalized spacial score (nSPS) is 17.8. The number of benzene rings is 2. The number of piperazine rings is 1. The third-order valence-electron chi connectivity index (χ3n) is 6.28. The van der Waals surface area contributed by atoms with E-state index in [1.807, 2.05) is 24.1 Å². The molecule has 11 heteroatoms. The number of nitrogens with one attached hydrogen (secondary N) is 2. The lowest BCUT2D eigenvalue weighted by Gasteiger charge is -2.35. The fourth-order valence-corrected chi connectivity index (χ4v) is 5.14. The van der Waals surface area contributed by atoms with Crippen molar-refractivity contribution >= 4 is 57.9 Å². The number of halogens is 2. The number of carbonyl (C=O) groups excluding carboxylic acids is 1. The summed E-state index contributed by atoms with van der Waals surface area (Å²) >= 11 is 12.7. The molecule has 1 amide bonds. The third-order valence-corrected chi connectivity index (χ3v) is 6.89. The van der Waals surface area contributed by atoms with Crippen LogP contribution in [-0.2, 0) is 4.74 Å². The first-order valence-corrected chi connectivity index (χ1v) is 12.4. The molecular formula is C25H27Cl2N7O2. The van der Waals surface area contributed by atoms with E-state index in [1.54, 1.807) is 25.3 Å². The number of para-hydroxylation sites is 1. The predicted octanol–water partition coefficient (Wildman–Crippen LogP) is 4.01. The molecule has 1 aromatic heterocycles. The molecule has 0 unspecified atom stereocenters. The van der Waals surface area contributed by atoms with Crippen LogP contribution in [-0.4, -0.2) is 69.0 Å². The summed E-state index contributed by atoms with van der Waals surface area (Å²) in [6.45, 7) is 3.70. The van der Waals surface area contributed by atoms with Crippen LogP contribution in [0.3, 0.4) is 0 Å². The van der Waals surface area contributed by atoms with Crippen molar-refractivity contribution in [3.05, 3.63) is 64.3 Å². The van der Waals surface area contributed by atoms with E-state index in [1.165, 1.54) is 11.1 Å². The van der Waals surface area contributed by atoms with Gasteiger partial charge in [0.25, 0.3) is 5.91 Å². The maximum absolute atomic E-state index is 13.3. The third kappa shape index (κ3) is 4.92. The summed E-state index contributed by atoms with van der Waals surface area (Å²) in [5, 5.41) is 7.53. The minimum absolute atomic E-state index is 0.253. The van der Waals surface area contributed by atoms with Gasteiger partial charge in [0.15, 0.2) is 0 Å². The van der Waals surface area contributed by atoms with E-state index in [9.17, 15) is 4.79 Å². The number of carbonyl (C=O) groups is 1. The van der Waals surface area contributed by atoms with Crippen LogP contribution in [0.5, 0.6) is 0 Å². The zero-order valence-corrected chi connectivity index (χ0v) is 21.6. The van der Waals surface area contributed by atoms with E-state index in [2.05, 4.69) is 37.6 Å². The van der Waals surface area contributed by atoms with E-state index in [4.69, 9.17) is 27.9 Å². The number of aromatic nitrogens is 2. The van der Waals surface area contributed by atoms with Crippen LogP contribution in [0.4, 0.5) is 28.8 Å². The molecule has 1 fully saturated rings. The first-order valence-electron chi connectivity index (χ1n) is 11.6. The Labute approximate surface area is 220 Å². The highest BCUT2D eigenvalue weighted by molar-refractivity contribution is 6.40. The molecule has 1 saturated heterocycles. The second-order valence-corrected chi connectivity index (χ2v) is 9.61. The molecule has 2 aromatic carbocycles. The molecule has 3 heterocycles. The van der Waals surface area contributed by atoms with Gasteiger partial charge in [-0.25, -0.2) is 4.98 Å². The number of methoxy groups -OCH3 is 1. The van der Waals surface area contributed by atoms with Crippen LogP contribution in [0, 0.1) is 0 Å². The van der Waals surface area contributed by atoms with Crippen LogP contribution in [0.1, 0.15) is 10.4 Å². The number of nitrogens with zero attached hydrogens (tertiary/aromatic N) is 5. The topological polar surface area (TPSA) is 85.9 Å². The van der Waals surface area contributed by atoms with Gasteiger partial charge in [0, 0.05) is 57.4 Å². The molecule has 3 aromatic rings. The molecule has 0 bridgehead atoms. The monoisotopic (exact) mass is 527 g/mol. The van der Waals surface area contributed by atoms with E-state index in [0.717, 1.165) is 31.0 Å². The first kappa shape index (κ1) is 24.6. The van der Waals surface area contributed by atoms with E-state index in [-0.39, 0.29) is 12.6 Å². The van der Waals surface area contributed by atoms with Crippen molar-refractivity contribution in [2.75, 3.05) is 67.1 Å². The summed E-state index contributed by atoms with van der Waals surface area (Å²) in [6.07, 6.45) is 1.53. The Bertz CT molecular complexity index is 1240. The second-order valence-electron chi connectivity index (χ2n) is 8.80. The molecule has 9 nitrogen and oxygen atoms in total. The smallest absolute Gasteiger partial charge is 0.265 e. The summed E-state index contributed by atoms with van der Waals surface area (Å²) in [6, 6.07) is 13.6. The summed E-state index contributed by atoms with van der Waals surface area (Å²) in [7, 11) is 3.58. The Hall–Kier alpha value is -3.11. The molecule has 0 radical (unpaired) electrons. The number of amides is 1. The lowest BCUT2D eigenvalue weighted by Crippen LogP contribution is -2.52. The van der Waals surface area contributed by atoms with Crippen molar-refractivity contribution in [3.8, 4) is 0 Å². The van der Waals surface area contributed by atoms with Gasteiger partial charge < -0.3 is 25.2 Å². The molecule has 0 saturated carbocycles. The Morgan fingerprint density at radius 2 is 1.92 bits per heavy atom. The average Bonchev–Trinajstić information content (AvgIpc) is 2.88. The van der Waals surface area contributed by atoms with Gasteiger partial charge in [-0.05, 0) is 36.4 Å². The Morgan fingerprint density at radius 3 is 2.64 bits per heavy atom. The van der Waals surface area contributed by atoms with Crippen LogP contribution < -0.4 is 25.3 Å². The zero-order chi connectivity index (χ0) is 25.2. The van der Waals surface area contributed by atoms with Crippen molar-refractivity contribution in [2.45, 2.75) is 6.04 Å². The molecule has 5 rings (SSSR count). The van der Waals surface area contributed by atoms with E-state index in [0.29, 0.717) is 45.7 Å². The van der Waals surface area contributed by atoms with Gasteiger partial charge in [-0.1, -0.05) is 29.3 Å². The highest BCUT2D eigenvalue weighted by Gasteiger charge is 2.32. The van der Waals surface area contributed by atoms with Crippen molar-refractivity contribution < 1.29 is 9.53 Å². The van der Waals surface area contributed by atoms with Gasteiger partial charge in [0.05, 0.1) is 29.0 Å². The van der Waals surface area contributed by atoms with Crippen LogP contribution in [0.15, 0.2) is 48.7 Å². The fourth-order valence-electron chi connectivity index (χ4n) is 4.54. The Kier molecular flexibility index (Phi) is 7.15. The summed E-state index contributed by atoms with van der Waals surface area (Å²) in [5.41, 5.74) is 2.86. The standard InChI is InChI=1S/C25H27Cl2N7O2/c1-32-15-34(22-20(26)4-3-5-21(22)27)24(35)19-12-29-25(31-23(19)32)30-16-6-8-18(9-7-16)33-11-10-28-17(13-33)14-36-2/h3-9,12,17,28H,10-11,13-15H2,1-2H3,(H,29,30,31)/t17-/m0/s1. The number of anilines is 5. The van der Waals surface area contributed by atoms with Crippen molar-refractivity contribution in [2.24, 2.45) is 0 Å². The summed E-state index contributed by atoms with van der Waals surface area (Å²) < 4.78 is 5.29. The maximum atomic E-state index is 13.3. The first-order chi connectivity index (χ1) is 17.4. The van der Waals surface area contributed by atoms with Gasteiger partial charge in [-0.15, -0.1) is 0 Å².